The molecule has 9 nitrogen and oxygen atoms in total. The van der Waals surface area contributed by atoms with Crippen molar-refractivity contribution < 1.29 is 34.8 Å². The highest BCUT2D eigenvalue weighted by atomic mass is 17.0. The number of unbranched alkanes of at least 4 members (excludes halogenated alkanes) is 1. The van der Waals surface area contributed by atoms with Crippen molar-refractivity contribution >= 4 is 5.97 Å². The molecule has 1 saturated carbocycles. The summed E-state index contributed by atoms with van der Waals surface area (Å²) in [6, 6.07) is 10.0. The molecule has 0 unspecified atom stereocenters. The average Bonchev–Trinajstić information content (AvgIpc) is 3.08. The summed E-state index contributed by atoms with van der Waals surface area (Å²) in [6.45, 7) is -0.431. The monoisotopic (exact) mass is 479 g/mol. The van der Waals surface area contributed by atoms with Gasteiger partial charge in [0.1, 0.15) is 13.2 Å². The van der Waals surface area contributed by atoms with Crippen LogP contribution in [-0.2, 0) is 20.8 Å². The van der Waals surface area contributed by atoms with Gasteiger partial charge < -0.3 is 24.9 Å². The molecule has 1 aliphatic rings. The van der Waals surface area contributed by atoms with E-state index in [1.54, 1.807) is 0 Å². The van der Waals surface area contributed by atoms with Crippen molar-refractivity contribution in [3.63, 3.8) is 0 Å². The number of aliphatic hydroxyl groups is 3. The zero-order valence-corrected chi connectivity index (χ0v) is 19.5. The fourth-order valence-electron chi connectivity index (χ4n) is 4.49. The second-order valence-electron chi connectivity index (χ2n) is 8.83. The van der Waals surface area contributed by atoms with Crippen LogP contribution in [0.1, 0.15) is 56.9 Å². The van der Waals surface area contributed by atoms with Gasteiger partial charge in [0.05, 0.1) is 18.3 Å². The Kier molecular flexibility index (Phi) is 12.6. The lowest BCUT2D eigenvalue weighted by Crippen LogP contribution is -2.23. The van der Waals surface area contributed by atoms with Crippen LogP contribution in [0.25, 0.3) is 0 Å². The van der Waals surface area contributed by atoms with Gasteiger partial charge in [-0.2, -0.15) is 0 Å². The third kappa shape index (κ3) is 10.6. The minimum absolute atomic E-state index is 0.0533. The van der Waals surface area contributed by atoms with E-state index in [-0.39, 0.29) is 31.5 Å². The number of hydrogen-bond acceptors (Lipinski definition) is 8. The van der Waals surface area contributed by atoms with Crippen molar-refractivity contribution in [3.05, 3.63) is 58.2 Å². The summed E-state index contributed by atoms with van der Waals surface area (Å²) in [5.41, 5.74) is 1.19. The van der Waals surface area contributed by atoms with Crippen LogP contribution >= 0.6 is 0 Å². The molecule has 9 heteroatoms. The zero-order valence-electron chi connectivity index (χ0n) is 19.5. The van der Waals surface area contributed by atoms with Gasteiger partial charge in [0, 0.05) is 6.42 Å². The van der Waals surface area contributed by atoms with Gasteiger partial charge in [0.2, 0.25) is 0 Å². The van der Waals surface area contributed by atoms with Crippen molar-refractivity contribution in [2.24, 2.45) is 11.8 Å². The van der Waals surface area contributed by atoms with Gasteiger partial charge in [-0.1, -0.05) is 42.5 Å². The SMILES string of the molecule is O=C(CCC/C=C\C[C@@H]1[C@@H](CC[C@@H](O)CCc2ccccc2)[C@H](O)C[C@@H]1O)OCCO[N+](=O)[O-]. The topological polar surface area (TPSA) is 139 Å². The smallest absolute Gasteiger partial charge is 0.305 e. The van der Waals surface area contributed by atoms with Gasteiger partial charge in [-0.25, -0.2) is 0 Å². The summed E-state index contributed by atoms with van der Waals surface area (Å²) in [5, 5.41) is 40.3. The number of nitrogens with zero attached hydrogens (tertiary/aromatic N) is 1. The van der Waals surface area contributed by atoms with E-state index in [1.807, 2.05) is 42.5 Å². The molecule has 0 aromatic heterocycles. The molecular weight excluding hydrogens is 442 g/mol. The molecule has 5 atom stereocenters. The predicted molar refractivity (Wildman–Crippen MR) is 125 cm³/mol. The second-order valence-corrected chi connectivity index (χ2v) is 8.83. The number of esters is 1. The van der Waals surface area contributed by atoms with Crippen molar-refractivity contribution in [3.8, 4) is 0 Å². The fourth-order valence-corrected chi connectivity index (χ4v) is 4.49. The normalized spacial score (nSPS) is 23.1. The van der Waals surface area contributed by atoms with Crippen LogP contribution in [0.15, 0.2) is 42.5 Å². The van der Waals surface area contributed by atoms with Gasteiger partial charge in [0.25, 0.3) is 5.09 Å². The first kappa shape index (κ1) is 27.8. The summed E-state index contributed by atoms with van der Waals surface area (Å²) in [4.78, 5) is 25.6. The van der Waals surface area contributed by atoms with E-state index >= 15 is 0 Å². The predicted octanol–water partition coefficient (Wildman–Crippen LogP) is 2.99. The van der Waals surface area contributed by atoms with E-state index in [0.717, 1.165) is 6.42 Å². The lowest BCUT2D eigenvalue weighted by atomic mass is 9.85. The second kappa shape index (κ2) is 15.4. The number of hydrogen-bond donors (Lipinski definition) is 3. The van der Waals surface area contributed by atoms with Gasteiger partial charge in [0.15, 0.2) is 0 Å². The van der Waals surface area contributed by atoms with Crippen LogP contribution in [-0.4, -0.2) is 57.9 Å². The van der Waals surface area contributed by atoms with E-state index < -0.39 is 29.4 Å². The number of carbonyl (C=O) groups is 1. The number of ether oxygens (including phenoxy) is 1. The Labute approximate surface area is 200 Å². The first-order chi connectivity index (χ1) is 16.4. The molecule has 0 spiro atoms. The maximum Gasteiger partial charge on any atom is 0.305 e. The number of aryl methyl sites for hydroxylation is 1. The molecule has 34 heavy (non-hydrogen) atoms. The summed E-state index contributed by atoms with van der Waals surface area (Å²) in [7, 11) is 0. The first-order valence-corrected chi connectivity index (χ1v) is 12.0. The van der Waals surface area contributed by atoms with E-state index in [4.69, 9.17) is 4.74 Å². The molecule has 1 aromatic carbocycles. The number of aliphatic hydroxyl groups excluding tert-OH is 3. The fraction of sp³-hybridized carbons (Fsp3) is 0.640. The van der Waals surface area contributed by atoms with E-state index in [0.29, 0.717) is 44.9 Å². The molecule has 0 heterocycles. The standard InChI is InChI=1S/C25H37NO8/c27-20(13-12-19-8-4-3-5-9-19)14-15-22-21(23(28)18-24(22)29)10-6-1-2-7-11-25(30)33-16-17-34-26(31)32/h1,3-6,8-9,20-24,27-29H,2,7,10-18H2/b6-1-/t20-,21+,22+,23-,24+/m0/s1. The molecule has 2 rings (SSSR count). The quantitative estimate of drug-likeness (QED) is 0.108. The molecule has 0 bridgehead atoms. The maximum absolute atomic E-state index is 11.6. The molecule has 1 fully saturated rings. The number of rotatable bonds is 16. The Morgan fingerprint density at radius 2 is 1.85 bits per heavy atom. The van der Waals surface area contributed by atoms with Crippen LogP contribution in [0.5, 0.6) is 0 Å². The molecule has 3 N–H and O–H groups in total. The molecule has 1 aliphatic carbocycles. The Bertz CT molecular complexity index is 757. The first-order valence-electron chi connectivity index (χ1n) is 12.0. The van der Waals surface area contributed by atoms with Crippen LogP contribution in [0.2, 0.25) is 0 Å². The van der Waals surface area contributed by atoms with Crippen molar-refractivity contribution in [1.82, 2.24) is 0 Å². The largest absolute Gasteiger partial charge is 0.464 e. The highest BCUT2D eigenvalue weighted by Gasteiger charge is 2.40. The Balaban J connectivity index is 1.64. The lowest BCUT2D eigenvalue weighted by Gasteiger charge is -2.23. The molecule has 0 aliphatic heterocycles. The Morgan fingerprint density at radius 3 is 2.59 bits per heavy atom. The van der Waals surface area contributed by atoms with Gasteiger partial charge in [-0.15, -0.1) is 10.1 Å². The third-order valence-electron chi connectivity index (χ3n) is 6.33. The maximum atomic E-state index is 11.6. The summed E-state index contributed by atoms with van der Waals surface area (Å²) < 4.78 is 4.84. The minimum Gasteiger partial charge on any atom is -0.464 e. The van der Waals surface area contributed by atoms with Crippen molar-refractivity contribution in [2.45, 2.75) is 76.1 Å². The summed E-state index contributed by atoms with van der Waals surface area (Å²) in [5.74, 6) is -0.540. The molecular formula is C25H37NO8. The average molecular weight is 480 g/mol. The van der Waals surface area contributed by atoms with E-state index in [2.05, 4.69) is 4.84 Å². The molecule has 190 valence electrons. The summed E-state index contributed by atoms with van der Waals surface area (Å²) >= 11 is 0. The summed E-state index contributed by atoms with van der Waals surface area (Å²) in [6.07, 6.45) is 7.53. The number of allylic oxidation sites excluding steroid dienone is 2. The molecule has 0 radical (unpaired) electrons. The van der Waals surface area contributed by atoms with Gasteiger partial charge in [-0.3, -0.25) is 4.79 Å². The van der Waals surface area contributed by atoms with Gasteiger partial charge in [-0.05, 0) is 68.8 Å². The van der Waals surface area contributed by atoms with E-state index in [1.165, 1.54) is 5.56 Å². The third-order valence-corrected chi connectivity index (χ3v) is 6.33. The number of carbonyl (C=O) groups excluding carboxylic acids is 1. The molecule has 0 amide bonds. The zero-order chi connectivity index (χ0) is 24.8. The minimum atomic E-state index is -0.933. The van der Waals surface area contributed by atoms with Gasteiger partial charge >= 0.3 is 5.97 Å². The van der Waals surface area contributed by atoms with Crippen molar-refractivity contribution in [1.29, 1.82) is 0 Å². The Hall–Kier alpha value is -2.49. The van der Waals surface area contributed by atoms with Crippen LogP contribution < -0.4 is 0 Å². The Morgan fingerprint density at radius 1 is 1.12 bits per heavy atom. The van der Waals surface area contributed by atoms with Crippen LogP contribution in [0.4, 0.5) is 0 Å². The molecule has 0 saturated heterocycles. The highest BCUT2D eigenvalue weighted by Crippen LogP contribution is 2.38. The lowest BCUT2D eigenvalue weighted by molar-refractivity contribution is -0.757. The van der Waals surface area contributed by atoms with Crippen LogP contribution in [0.3, 0.4) is 0 Å². The molecule has 1 aromatic rings. The van der Waals surface area contributed by atoms with Crippen LogP contribution in [0, 0.1) is 22.0 Å². The van der Waals surface area contributed by atoms with Crippen molar-refractivity contribution in [2.75, 3.05) is 13.2 Å². The highest BCUT2D eigenvalue weighted by molar-refractivity contribution is 5.69. The number of benzene rings is 1. The van der Waals surface area contributed by atoms with E-state index in [9.17, 15) is 30.2 Å².